The molecular weight excluding hydrogens is 296 g/mol. The van der Waals surface area contributed by atoms with Gasteiger partial charge in [0.15, 0.2) is 9.84 Å². The monoisotopic (exact) mass is 312 g/mol. The molecule has 0 saturated heterocycles. The smallest absolute Gasteiger partial charge is 0.372 e. The van der Waals surface area contributed by atoms with Gasteiger partial charge in [-0.15, -0.1) is 0 Å². The van der Waals surface area contributed by atoms with Crippen molar-refractivity contribution >= 4 is 26.8 Å². The zero-order valence-corrected chi connectivity index (χ0v) is 12.4. The van der Waals surface area contributed by atoms with Gasteiger partial charge in [-0.3, -0.25) is 0 Å². The van der Waals surface area contributed by atoms with Crippen molar-refractivity contribution in [3.8, 4) is 0 Å². The molecule has 0 aliphatic heterocycles. The molecule has 0 amide bonds. The Labute approximate surface area is 122 Å². The Kier molecular flexibility index (Phi) is 4.64. The molecule has 21 heavy (non-hydrogen) atoms. The number of para-hydroxylation sites is 1. The zero-order chi connectivity index (χ0) is 15.5. The number of ether oxygens (including phenoxy) is 1. The Morgan fingerprint density at radius 3 is 2.71 bits per heavy atom. The lowest BCUT2D eigenvalue weighted by Crippen LogP contribution is -2.13. The van der Waals surface area contributed by atoms with Gasteiger partial charge in [0.05, 0.1) is 11.5 Å². The highest BCUT2D eigenvalue weighted by atomic mass is 32.2. The van der Waals surface area contributed by atoms with Gasteiger partial charge < -0.3 is 14.3 Å². The summed E-state index contributed by atoms with van der Waals surface area (Å²) in [4.78, 5) is 11.2. The number of rotatable bonds is 7. The van der Waals surface area contributed by atoms with Gasteiger partial charge in [-0.25, -0.2) is 13.2 Å². The Hall–Kier alpha value is -1.86. The fourth-order valence-electron chi connectivity index (χ4n) is 2.13. The van der Waals surface area contributed by atoms with E-state index >= 15 is 0 Å². The third-order valence-corrected chi connectivity index (χ3v) is 4.70. The van der Waals surface area contributed by atoms with Crippen LogP contribution in [0.15, 0.2) is 28.7 Å². The first-order valence-electron chi connectivity index (χ1n) is 6.37. The number of carboxylic acid groups (broad SMARTS) is 1. The van der Waals surface area contributed by atoms with Crippen molar-refractivity contribution in [1.29, 1.82) is 0 Å². The zero-order valence-electron chi connectivity index (χ0n) is 11.5. The molecule has 1 heterocycles. The maximum absolute atomic E-state index is 12.1. The Morgan fingerprint density at radius 2 is 2.05 bits per heavy atom. The minimum atomic E-state index is -3.43. The first kappa shape index (κ1) is 15.5. The number of benzene rings is 1. The lowest BCUT2D eigenvalue weighted by molar-refractivity contribution is 0.0664. The van der Waals surface area contributed by atoms with Gasteiger partial charge >= 0.3 is 5.97 Å². The number of sulfone groups is 1. The summed E-state index contributed by atoms with van der Waals surface area (Å²) in [7, 11) is -1.93. The summed E-state index contributed by atoms with van der Waals surface area (Å²) in [6.07, 6.45) is 0.372. The van der Waals surface area contributed by atoms with Crippen LogP contribution in [0.1, 0.15) is 22.5 Å². The van der Waals surface area contributed by atoms with Gasteiger partial charge in [-0.05, 0) is 12.5 Å². The minimum absolute atomic E-state index is 0.0561. The molecule has 1 aromatic carbocycles. The van der Waals surface area contributed by atoms with Gasteiger partial charge in [0.1, 0.15) is 5.58 Å². The second-order valence-electron chi connectivity index (χ2n) is 4.65. The van der Waals surface area contributed by atoms with Crippen molar-refractivity contribution in [2.75, 3.05) is 19.5 Å². The molecule has 114 valence electrons. The Balaban J connectivity index is 2.36. The maximum Gasteiger partial charge on any atom is 0.372 e. The molecule has 0 radical (unpaired) electrons. The molecule has 0 saturated carbocycles. The summed E-state index contributed by atoms with van der Waals surface area (Å²) >= 11 is 0. The van der Waals surface area contributed by atoms with E-state index in [2.05, 4.69) is 0 Å². The number of hydrogen-bond acceptors (Lipinski definition) is 5. The summed E-state index contributed by atoms with van der Waals surface area (Å²) in [6, 6.07) is 6.69. The first-order valence-corrected chi connectivity index (χ1v) is 8.20. The topological polar surface area (TPSA) is 93.8 Å². The number of hydrogen-bond donors (Lipinski definition) is 1. The van der Waals surface area contributed by atoms with Crippen LogP contribution in [-0.4, -0.2) is 39.0 Å². The molecule has 0 atom stereocenters. The highest BCUT2D eigenvalue weighted by Gasteiger charge is 2.24. The summed E-state index contributed by atoms with van der Waals surface area (Å²) in [5, 5.41) is 9.69. The lowest BCUT2D eigenvalue weighted by atomic mass is 10.1. The normalized spacial score (nSPS) is 11.9. The number of aromatic carboxylic acids is 1. The standard InChI is InChI=1S/C14H16O6S/c1-19-7-4-8-21(17,18)9-11-10-5-2-3-6-12(10)20-13(11)14(15)16/h2-3,5-6H,4,7-9H2,1H3,(H,15,16). The van der Waals surface area contributed by atoms with Crippen LogP contribution in [0, 0.1) is 0 Å². The van der Waals surface area contributed by atoms with Gasteiger partial charge in [0.2, 0.25) is 5.76 Å². The van der Waals surface area contributed by atoms with Crippen LogP contribution >= 0.6 is 0 Å². The predicted molar refractivity (Wildman–Crippen MR) is 77.2 cm³/mol. The minimum Gasteiger partial charge on any atom is -0.475 e. The molecule has 1 aromatic heterocycles. The van der Waals surface area contributed by atoms with Crippen molar-refractivity contribution in [3.05, 3.63) is 35.6 Å². The van der Waals surface area contributed by atoms with Gasteiger partial charge in [0.25, 0.3) is 0 Å². The molecular formula is C14H16O6S. The summed E-state index contributed by atoms with van der Waals surface area (Å²) in [6.45, 7) is 0.344. The van der Waals surface area contributed by atoms with Crippen molar-refractivity contribution < 1.29 is 27.5 Å². The molecule has 2 rings (SSSR count). The van der Waals surface area contributed by atoms with E-state index in [0.29, 0.717) is 24.0 Å². The predicted octanol–water partition coefficient (Wildman–Crippen LogP) is 2.08. The summed E-state index contributed by atoms with van der Waals surface area (Å²) in [5.41, 5.74) is 0.576. The van der Waals surface area contributed by atoms with Crippen LogP contribution in [0.4, 0.5) is 0 Å². The second kappa shape index (κ2) is 6.28. The molecule has 0 fully saturated rings. The molecule has 0 spiro atoms. The highest BCUT2D eigenvalue weighted by molar-refractivity contribution is 7.90. The van der Waals surface area contributed by atoms with E-state index in [1.165, 1.54) is 7.11 Å². The first-order chi connectivity index (χ1) is 9.94. The molecule has 7 heteroatoms. The van der Waals surface area contributed by atoms with Crippen LogP contribution < -0.4 is 0 Å². The van der Waals surface area contributed by atoms with Crippen LogP contribution in [-0.2, 0) is 20.3 Å². The number of fused-ring (bicyclic) bond motifs is 1. The molecule has 0 aliphatic carbocycles. The molecule has 0 bridgehead atoms. The Bertz CT molecular complexity index is 744. The van der Waals surface area contributed by atoms with E-state index in [1.54, 1.807) is 24.3 Å². The molecule has 2 aromatic rings. The summed E-state index contributed by atoms with van der Waals surface area (Å²) in [5.74, 6) is -1.99. The van der Waals surface area contributed by atoms with Crippen LogP contribution in [0.25, 0.3) is 11.0 Å². The third kappa shape index (κ3) is 3.62. The van der Waals surface area contributed by atoms with Crippen LogP contribution in [0.3, 0.4) is 0 Å². The van der Waals surface area contributed by atoms with Crippen molar-refractivity contribution in [3.63, 3.8) is 0 Å². The van der Waals surface area contributed by atoms with Gasteiger partial charge in [-0.2, -0.15) is 0 Å². The average molecular weight is 312 g/mol. The SMILES string of the molecule is COCCCS(=O)(=O)Cc1c(C(=O)O)oc2ccccc12. The summed E-state index contributed by atoms with van der Waals surface area (Å²) < 4.78 is 34.3. The molecule has 6 nitrogen and oxygen atoms in total. The Morgan fingerprint density at radius 1 is 1.33 bits per heavy atom. The average Bonchev–Trinajstić information content (AvgIpc) is 2.78. The second-order valence-corrected chi connectivity index (χ2v) is 6.83. The lowest BCUT2D eigenvalue weighted by Gasteiger charge is -2.04. The van der Waals surface area contributed by atoms with E-state index in [0.717, 1.165) is 0 Å². The van der Waals surface area contributed by atoms with Crippen molar-refractivity contribution in [1.82, 2.24) is 0 Å². The largest absolute Gasteiger partial charge is 0.475 e. The van der Waals surface area contributed by atoms with E-state index in [9.17, 15) is 13.2 Å². The van der Waals surface area contributed by atoms with Crippen molar-refractivity contribution in [2.45, 2.75) is 12.2 Å². The quantitative estimate of drug-likeness (QED) is 0.787. The van der Waals surface area contributed by atoms with Crippen molar-refractivity contribution in [2.24, 2.45) is 0 Å². The van der Waals surface area contributed by atoms with E-state index in [4.69, 9.17) is 14.3 Å². The van der Waals surface area contributed by atoms with E-state index in [-0.39, 0.29) is 22.8 Å². The third-order valence-electron chi connectivity index (χ3n) is 3.06. The van der Waals surface area contributed by atoms with E-state index in [1.807, 2.05) is 0 Å². The van der Waals surface area contributed by atoms with Gasteiger partial charge in [-0.1, -0.05) is 18.2 Å². The molecule has 1 N–H and O–H groups in total. The molecule has 0 unspecified atom stereocenters. The van der Waals surface area contributed by atoms with Gasteiger partial charge in [0, 0.05) is 24.7 Å². The fourth-order valence-corrected chi connectivity index (χ4v) is 3.56. The number of furan rings is 1. The van der Waals surface area contributed by atoms with Crippen LogP contribution in [0.2, 0.25) is 0 Å². The number of methoxy groups -OCH3 is 1. The number of carboxylic acids is 1. The molecule has 0 aliphatic rings. The fraction of sp³-hybridized carbons (Fsp3) is 0.357. The highest BCUT2D eigenvalue weighted by Crippen LogP contribution is 2.27. The van der Waals surface area contributed by atoms with E-state index < -0.39 is 15.8 Å². The number of carbonyl (C=O) groups is 1. The van der Waals surface area contributed by atoms with Crippen LogP contribution in [0.5, 0.6) is 0 Å². The maximum atomic E-state index is 12.1.